The molecular formula is C21H25N5O4S. The minimum Gasteiger partial charge on any atom is -0.495 e. The van der Waals surface area contributed by atoms with E-state index >= 15 is 0 Å². The molecule has 2 aromatic heterocycles. The van der Waals surface area contributed by atoms with Gasteiger partial charge in [0.2, 0.25) is 10.0 Å². The highest BCUT2D eigenvalue weighted by molar-refractivity contribution is 7.89. The van der Waals surface area contributed by atoms with Crippen LogP contribution in [-0.4, -0.2) is 62.1 Å². The van der Waals surface area contributed by atoms with Gasteiger partial charge >= 0.3 is 0 Å². The number of hydrogen-bond donors (Lipinski definition) is 3. The second-order valence-corrected chi connectivity index (χ2v) is 9.66. The zero-order chi connectivity index (χ0) is 21.4. The Morgan fingerprint density at radius 3 is 2.71 bits per heavy atom. The van der Waals surface area contributed by atoms with Gasteiger partial charge in [0, 0.05) is 48.5 Å². The fraction of sp³-hybridized carbons (Fsp3) is 0.381. The minimum absolute atomic E-state index is 0.195. The number of fused-ring (bicyclic) bond motifs is 1. The van der Waals surface area contributed by atoms with Crippen molar-refractivity contribution in [3.05, 3.63) is 36.5 Å². The standard InChI is InChI=1S/C21H25N5O4S/c1-29-19-12-15(31(27,28)26-8-10-30-11-9-26)4-5-17(19)24-20-13-18(23-14-2-3-14)16-6-7-22-21(16)25-20/h4-7,12-14H,2-3,8-11H2,1H3,(H3,22,23,24,25). The van der Waals surface area contributed by atoms with Gasteiger partial charge in [0.15, 0.2) is 0 Å². The molecule has 0 bridgehead atoms. The number of hydrogen-bond acceptors (Lipinski definition) is 7. The van der Waals surface area contributed by atoms with Crippen molar-refractivity contribution in [1.29, 1.82) is 0 Å². The van der Waals surface area contributed by atoms with E-state index in [1.54, 1.807) is 18.2 Å². The Labute approximate surface area is 180 Å². The molecule has 0 unspecified atom stereocenters. The lowest BCUT2D eigenvalue weighted by Crippen LogP contribution is -2.40. The lowest BCUT2D eigenvalue weighted by Gasteiger charge is -2.26. The molecule has 0 radical (unpaired) electrons. The van der Waals surface area contributed by atoms with Crippen LogP contribution in [0.25, 0.3) is 11.0 Å². The second-order valence-electron chi connectivity index (χ2n) is 7.72. The van der Waals surface area contributed by atoms with Crippen LogP contribution in [0.1, 0.15) is 12.8 Å². The third-order valence-corrected chi connectivity index (χ3v) is 7.40. The average Bonchev–Trinajstić information content (AvgIpc) is 3.47. The number of aromatic nitrogens is 2. The number of nitrogens with one attached hydrogen (secondary N) is 3. The molecule has 1 aliphatic heterocycles. The maximum atomic E-state index is 13.0. The molecule has 10 heteroatoms. The van der Waals surface area contributed by atoms with Crippen LogP contribution in [0, 0.1) is 0 Å². The number of benzene rings is 1. The van der Waals surface area contributed by atoms with Crippen molar-refractivity contribution in [3.8, 4) is 5.75 Å². The Morgan fingerprint density at radius 1 is 1.16 bits per heavy atom. The largest absolute Gasteiger partial charge is 0.495 e. The molecule has 3 heterocycles. The summed E-state index contributed by atoms with van der Waals surface area (Å²) in [6.07, 6.45) is 4.21. The molecule has 3 aromatic rings. The van der Waals surface area contributed by atoms with Crippen molar-refractivity contribution >= 4 is 38.2 Å². The molecule has 2 aliphatic rings. The summed E-state index contributed by atoms with van der Waals surface area (Å²) >= 11 is 0. The molecule has 5 rings (SSSR count). The zero-order valence-electron chi connectivity index (χ0n) is 17.2. The quantitative estimate of drug-likeness (QED) is 0.515. The molecule has 0 atom stereocenters. The van der Waals surface area contributed by atoms with Gasteiger partial charge in [-0.25, -0.2) is 13.4 Å². The molecule has 1 saturated carbocycles. The number of H-pyrrole nitrogens is 1. The summed E-state index contributed by atoms with van der Waals surface area (Å²) in [5, 5.41) is 7.85. The van der Waals surface area contributed by atoms with Crippen LogP contribution in [0.5, 0.6) is 5.75 Å². The van der Waals surface area contributed by atoms with Crippen molar-refractivity contribution in [1.82, 2.24) is 14.3 Å². The molecule has 164 valence electrons. The monoisotopic (exact) mass is 443 g/mol. The number of sulfonamides is 1. The third kappa shape index (κ3) is 4.06. The van der Waals surface area contributed by atoms with E-state index in [0.717, 1.165) is 16.7 Å². The summed E-state index contributed by atoms with van der Waals surface area (Å²) in [5.74, 6) is 1.07. The van der Waals surface area contributed by atoms with Gasteiger partial charge in [0.1, 0.15) is 17.2 Å². The first-order valence-electron chi connectivity index (χ1n) is 10.3. The van der Waals surface area contributed by atoms with Crippen LogP contribution in [0.4, 0.5) is 17.2 Å². The fourth-order valence-electron chi connectivity index (χ4n) is 3.68. The van der Waals surface area contributed by atoms with Gasteiger partial charge in [0.25, 0.3) is 0 Å². The first-order chi connectivity index (χ1) is 15.0. The lowest BCUT2D eigenvalue weighted by atomic mass is 10.2. The fourth-order valence-corrected chi connectivity index (χ4v) is 5.10. The van der Waals surface area contributed by atoms with Crippen molar-refractivity contribution in [2.75, 3.05) is 44.0 Å². The molecule has 1 aliphatic carbocycles. The van der Waals surface area contributed by atoms with Gasteiger partial charge in [-0.15, -0.1) is 0 Å². The number of pyridine rings is 1. The van der Waals surface area contributed by atoms with Gasteiger partial charge in [-0.2, -0.15) is 4.31 Å². The van der Waals surface area contributed by atoms with E-state index in [2.05, 4.69) is 20.6 Å². The summed E-state index contributed by atoms with van der Waals surface area (Å²) in [5.41, 5.74) is 2.43. The Bertz CT molecular complexity index is 1200. The van der Waals surface area contributed by atoms with E-state index in [9.17, 15) is 8.42 Å². The maximum Gasteiger partial charge on any atom is 0.243 e. The molecule has 1 aromatic carbocycles. The zero-order valence-corrected chi connectivity index (χ0v) is 18.0. The molecular weight excluding hydrogens is 418 g/mol. The highest BCUT2D eigenvalue weighted by atomic mass is 32.2. The van der Waals surface area contributed by atoms with Gasteiger partial charge in [-0.3, -0.25) is 0 Å². The van der Waals surface area contributed by atoms with Crippen molar-refractivity contribution in [3.63, 3.8) is 0 Å². The first kappa shape index (κ1) is 20.1. The number of nitrogens with zero attached hydrogens (tertiary/aromatic N) is 2. The summed E-state index contributed by atoms with van der Waals surface area (Å²) in [6.45, 7) is 1.50. The van der Waals surface area contributed by atoms with Crippen LogP contribution >= 0.6 is 0 Å². The van der Waals surface area contributed by atoms with Crippen molar-refractivity contribution < 1.29 is 17.9 Å². The summed E-state index contributed by atoms with van der Waals surface area (Å²) in [6, 6.07) is 9.32. The van der Waals surface area contributed by atoms with E-state index in [0.29, 0.717) is 49.6 Å². The predicted molar refractivity (Wildman–Crippen MR) is 119 cm³/mol. The number of aromatic amines is 1. The normalized spacial score (nSPS) is 17.6. The van der Waals surface area contributed by atoms with Crippen LogP contribution in [0.2, 0.25) is 0 Å². The Kier molecular flexibility index (Phi) is 5.20. The van der Waals surface area contributed by atoms with Gasteiger partial charge in [0.05, 0.1) is 30.9 Å². The second kappa shape index (κ2) is 8.03. The van der Waals surface area contributed by atoms with Crippen LogP contribution in [0.3, 0.4) is 0 Å². The Morgan fingerprint density at radius 2 is 1.97 bits per heavy atom. The average molecular weight is 444 g/mol. The number of anilines is 3. The van der Waals surface area contributed by atoms with E-state index in [1.165, 1.54) is 24.3 Å². The number of morpholine rings is 1. The lowest BCUT2D eigenvalue weighted by molar-refractivity contribution is 0.0730. The Balaban J connectivity index is 1.44. The highest BCUT2D eigenvalue weighted by Crippen LogP contribution is 2.34. The molecule has 3 N–H and O–H groups in total. The molecule has 0 spiro atoms. The topological polar surface area (TPSA) is 109 Å². The van der Waals surface area contributed by atoms with Gasteiger partial charge in [-0.1, -0.05) is 0 Å². The smallest absolute Gasteiger partial charge is 0.243 e. The highest BCUT2D eigenvalue weighted by Gasteiger charge is 2.27. The predicted octanol–water partition coefficient (Wildman–Crippen LogP) is 2.91. The van der Waals surface area contributed by atoms with E-state index in [1.807, 2.05) is 18.3 Å². The number of rotatable bonds is 7. The Hall–Kier alpha value is -2.82. The SMILES string of the molecule is COc1cc(S(=O)(=O)N2CCOCC2)ccc1Nc1cc(NC2CC2)c2cc[nH]c2n1. The minimum atomic E-state index is -3.60. The number of ether oxygens (including phenoxy) is 2. The van der Waals surface area contributed by atoms with Gasteiger partial charge < -0.3 is 25.1 Å². The van der Waals surface area contributed by atoms with E-state index < -0.39 is 10.0 Å². The maximum absolute atomic E-state index is 13.0. The summed E-state index contributed by atoms with van der Waals surface area (Å²) in [4.78, 5) is 7.99. The van der Waals surface area contributed by atoms with Crippen LogP contribution < -0.4 is 15.4 Å². The molecule has 0 amide bonds. The van der Waals surface area contributed by atoms with E-state index in [4.69, 9.17) is 9.47 Å². The third-order valence-electron chi connectivity index (χ3n) is 5.51. The molecule has 1 saturated heterocycles. The number of methoxy groups -OCH3 is 1. The first-order valence-corrected chi connectivity index (χ1v) is 11.8. The summed E-state index contributed by atoms with van der Waals surface area (Å²) in [7, 11) is -2.08. The van der Waals surface area contributed by atoms with Crippen LogP contribution in [-0.2, 0) is 14.8 Å². The van der Waals surface area contributed by atoms with Crippen molar-refractivity contribution in [2.24, 2.45) is 0 Å². The summed E-state index contributed by atoms with van der Waals surface area (Å²) < 4.78 is 38.1. The molecule has 2 fully saturated rings. The van der Waals surface area contributed by atoms with Gasteiger partial charge in [-0.05, 0) is 31.0 Å². The molecule has 9 nitrogen and oxygen atoms in total. The van der Waals surface area contributed by atoms with E-state index in [-0.39, 0.29) is 4.90 Å². The van der Waals surface area contributed by atoms with Crippen LogP contribution in [0.15, 0.2) is 41.4 Å². The molecule has 31 heavy (non-hydrogen) atoms. The van der Waals surface area contributed by atoms with Crippen molar-refractivity contribution in [2.45, 2.75) is 23.8 Å².